The van der Waals surface area contributed by atoms with Crippen LogP contribution in [-0.4, -0.2) is 25.4 Å². The van der Waals surface area contributed by atoms with Gasteiger partial charge in [-0.3, -0.25) is 0 Å². The van der Waals surface area contributed by atoms with Crippen LogP contribution in [0.3, 0.4) is 0 Å². The smallest absolute Gasteiger partial charge is 0.109 e. The van der Waals surface area contributed by atoms with Gasteiger partial charge in [0.1, 0.15) is 13.2 Å². The molecule has 0 saturated heterocycles. The van der Waals surface area contributed by atoms with Crippen molar-refractivity contribution in [3.8, 4) is 23.7 Å². The standard InChI is InChI=1S/C26H26O2/c1-19-23-13-7-5-11-21(23)17-25(19)27-15-9-3-4-10-16-28-26-18-22-12-6-8-14-24(22)20(26)2/h5-8,11-14,19-20,25-26H,15-18H2,1-2H3/t19-,20-,25+,26+/m0/s1. The average Bonchev–Trinajstić information content (AvgIpc) is 3.21. The molecule has 2 aromatic rings. The largest absolute Gasteiger partial charge is 0.365 e. The van der Waals surface area contributed by atoms with E-state index in [1.54, 1.807) is 0 Å². The van der Waals surface area contributed by atoms with Crippen molar-refractivity contribution in [2.45, 2.75) is 50.7 Å². The lowest BCUT2D eigenvalue weighted by molar-refractivity contribution is 0.0697. The Morgan fingerprint density at radius 2 is 1.14 bits per heavy atom. The van der Waals surface area contributed by atoms with Crippen LogP contribution in [-0.2, 0) is 22.3 Å². The Morgan fingerprint density at radius 1 is 0.714 bits per heavy atom. The lowest BCUT2D eigenvalue weighted by Crippen LogP contribution is -2.16. The minimum absolute atomic E-state index is 0.216. The molecule has 2 aliphatic carbocycles. The summed E-state index contributed by atoms with van der Waals surface area (Å²) in [6.45, 7) is 5.30. The van der Waals surface area contributed by atoms with Gasteiger partial charge in [0.05, 0.1) is 12.2 Å². The van der Waals surface area contributed by atoms with E-state index in [4.69, 9.17) is 9.47 Å². The maximum Gasteiger partial charge on any atom is 0.109 e. The first-order valence-corrected chi connectivity index (χ1v) is 10.1. The summed E-state index contributed by atoms with van der Waals surface area (Å²) in [5, 5.41) is 0. The van der Waals surface area contributed by atoms with Crippen LogP contribution >= 0.6 is 0 Å². The van der Waals surface area contributed by atoms with Gasteiger partial charge in [-0.2, -0.15) is 0 Å². The van der Waals surface area contributed by atoms with Crippen LogP contribution in [0.2, 0.25) is 0 Å². The Labute approximate surface area is 168 Å². The van der Waals surface area contributed by atoms with Gasteiger partial charge in [0.2, 0.25) is 0 Å². The number of ether oxygens (including phenoxy) is 2. The van der Waals surface area contributed by atoms with Crippen molar-refractivity contribution in [3.05, 3.63) is 70.8 Å². The third kappa shape index (κ3) is 4.00. The van der Waals surface area contributed by atoms with E-state index in [0.29, 0.717) is 25.0 Å². The van der Waals surface area contributed by atoms with Gasteiger partial charge in [0.15, 0.2) is 0 Å². The average molecular weight is 370 g/mol. The van der Waals surface area contributed by atoms with E-state index in [-0.39, 0.29) is 12.2 Å². The van der Waals surface area contributed by atoms with E-state index in [1.165, 1.54) is 22.3 Å². The van der Waals surface area contributed by atoms with Crippen LogP contribution in [0.1, 0.15) is 47.9 Å². The fraction of sp³-hybridized carbons (Fsp3) is 0.385. The Hall–Kier alpha value is -2.52. The van der Waals surface area contributed by atoms with Crippen molar-refractivity contribution in [3.63, 3.8) is 0 Å². The summed E-state index contributed by atoms with van der Waals surface area (Å²) < 4.78 is 11.9. The van der Waals surface area contributed by atoms with Gasteiger partial charge < -0.3 is 9.47 Å². The minimum Gasteiger partial charge on any atom is -0.365 e. The highest BCUT2D eigenvalue weighted by Gasteiger charge is 2.29. The quantitative estimate of drug-likeness (QED) is 0.739. The van der Waals surface area contributed by atoms with Crippen LogP contribution in [0.4, 0.5) is 0 Å². The topological polar surface area (TPSA) is 18.5 Å². The van der Waals surface area contributed by atoms with Gasteiger partial charge in [-0.15, -0.1) is 0 Å². The van der Waals surface area contributed by atoms with E-state index in [1.807, 2.05) is 0 Å². The molecule has 0 spiro atoms. The summed E-state index contributed by atoms with van der Waals surface area (Å²) >= 11 is 0. The van der Waals surface area contributed by atoms with E-state index in [0.717, 1.165) is 12.8 Å². The zero-order valence-corrected chi connectivity index (χ0v) is 16.6. The second kappa shape index (κ2) is 8.66. The molecule has 4 rings (SSSR count). The minimum atomic E-state index is 0.216. The van der Waals surface area contributed by atoms with E-state index < -0.39 is 0 Å². The molecule has 0 fully saturated rings. The van der Waals surface area contributed by atoms with E-state index in [2.05, 4.69) is 86.1 Å². The molecule has 2 aliphatic rings. The highest BCUT2D eigenvalue weighted by molar-refractivity contribution is 5.37. The summed E-state index contributed by atoms with van der Waals surface area (Å²) in [5.74, 6) is 12.6. The first-order valence-electron chi connectivity index (χ1n) is 10.1. The molecule has 4 atom stereocenters. The molecule has 0 N–H and O–H groups in total. The van der Waals surface area contributed by atoms with Gasteiger partial charge >= 0.3 is 0 Å². The normalized spacial score (nSPS) is 24.5. The van der Waals surface area contributed by atoms with Crippen LogP contribution in [0.25, 0.3) is 0 Å². The van der Waals surface area contributed by atoms with E-state index in [9.17, 15) is 0 Å². The fourth-order valence-corrected chi connectivity index (χ4v) is 4.38. The van der Waals surface area contributed by atoms with Crippen LogP contribution < -0.4 is 0 Å². The molecule has 0 aromatic heterocycles. The second-order valence-corrected chi connectivity index (χ2v) is 7.69. The van der Waals surface area contributed by atoms with Crippen LogP contribution in [0.5, 0.6) is 0 Å². The summed E-state index contributed by atoms with van der Waals surface area (Å²) in [5.41, 5.74) is 5.60. The zero-order chi connectivity index (χ0) is 19.3. The Kier molecular flexibility index (Phi) is 5.82. The van der Waals surface area contributed by atoms with Crippen molar-refractivity contribution < 1.29 is 9.47 Å². The summed E-state index contributed by atoms with van der Waals surface area (Å²) in [4.78, 5) is 0. The van der Waals surface area contributed by atoms with Gasteiger partial charge in [0.25, 0.3) is 0 Å². The Bertz CT molecular complexity index is 874. The lowest BCUT2D eigenvalue weighted by atomic mass is 10.0. The Morgan fingerprint density at radius 3 is 1.57 bits per heavy atom. The van der Waals surface area contributed by atoms with Gasteiger partial charge in [-0.1, -0.05) is 74.2 Å². The van der Waals surface area contributed by atoms with Crippen molar-refractivity contribution in [1.82, 2.24) is 0 Å². The first kappa shape index (κ1) is 18.8. The molecule has 2 heteroatoms. The number of fused-ring (bicyclic) bond motifs is 2. The molecular weight excluding hydrogens is 344 g/mol. The summed E-state index contributed by atoms with van der Waals surface area (Å²) in [6, 6.07) is 17.2. The third-order valence-electron chi connectivity index (χ3n) is 6.03. The van der Waals surface area contributed by atoms with Crippen molar-refractivity contribution in [1.29, 1.82) is 0 Å². The molecule has 28 heavy (non-hydrogen) atoms. The molecule has 0 heterocycles. The SMILES string of the molecule is C[C@H]1c2ccccc2C[C@H]1OCC#CC#CCO[C@@H]1Cc2ccccc2[C@@H]1C. The molecule has 0 radical (unpaired) electrons. The molecule has 0 aliphatic heterocycles. The number of rotatable bonds is 4. The molecule has 0 amide bonds. The highest BCUT2D eigenvalue weighted by Crippen LogP contribution is 2.35. The molecule has 0 bridgehead atoms. The molecule has 2 nitrogen and oxygen atoms in total. The molecule has 0 saturated carbocycles. The molecular formula is C26H26O2. The van der Waals surface area contributed by atoms with Gasteiger partial charge in [-0.25, -0.2) is 0 Å². The third-order valence-corrected chi connectivity index (χ3v) is 6.03. The van der Waals surface area contributed by atoms with Crippen LogP contribution in [0, 0.1) is 23.7 Å². The molecule has 2 aromatic carbocycles. The molecule has 142 valence electrons. The van der Waals surface area contributed by atoms with Crippen molar-refractivity contribution in [2.75, 3.05) is 13.2 Å². The maximum absolute atomic E-state index is 5.96. The fourth-order valence-electron chi connectivity index (χ4n) is 4.38. The van der Waals surface area contributed by atoms with Crippen LogP contribution in [0.15, 0.2) is 48.5 Å². The molecule has 0 unspecified atom stereocenters. The summed E-state index contributed by atoms with van der Waals surface area (Å²) in [6.07, 6.45) is 2.38. The Balaban J connectivity index is 1.19. The number of hydrogen-bond acceptors (Lipinski definition) is 2. The maximum atomic E-state index is 5.96. The number of hydrogen-bond donors (Lipinski definition) is 0. The van der Waals surface area contributed by atoms with Gasteiger partial charge in [-0.05, 0) is 46.9 Å². The number of benzene rings is 2. The summed E-state index contributed by atoms with van der Waals surface area (Å²) in [7, 11) is 0. The zero-order valence-electron chi connectivity index (χ0n) is 16.6. The monoisotopic (exact) mass is 370 g/mol. The van der Waals surface area contributed by atoms with Crippen molar-refractivity contribution in [2.24, 2.45) is 0 Å². The predicted molar refractivity (Wildman–Crippen MR) is 112 cm³/mol. The highest BCUT2D eigenvalue weighted by atomic mass is 16.5. The predicted octanol–water partition coefficient (Wildman–Crippen LogP) is 4.48. The van der Waals surface area contributed by atoms with Gasteiger partial charge in [0, 0.05) is 11.8 Å². The first-order chi connectivity index (χ1) is 13.7. The van der Waals surface area contributed by atoms with Crippen molar-refractivity contribution >= 4 is 0 Å². The van der Waals surface area contributed by atoms with E-state index >= 15 is 0 Å². The lowest BCUT2D eigenvalue weighted by Gasteiger charge is -2.15. The second-order valence-electron chi connectivity index (χ2n) is 7.69.